The van der Waals surface area contributed by atoms with Crippen LogP contribution in [0.4, 0.5) is 0 Å². The number of aromatic amines is 1. The van der Waals surface area contributed by atoms with E-state index in [-0.39, 0.29) is 24.2 Å². The Labute approximate surface area is 119 Å². The highest BCUT2D eigenvalue weighted by Gasteiger charge is 2.20. The minimum absolute atomic E-state index is 0.0251. The molecule has 1 amide bonds. The highest BCUT2D eigenvalue weighted by molar-refractivity contribution is 5.96. The van der Waals surface area contributed by atoms with Gasteiger partial charge < -0.3 is 20.5 Å². The maximum Gasteiger partial charge on any atom is 0.326 e. The number of aromatic nitrogens is 1. The quantitative estimate of drug-likeness (QED) is 0.622. The number of carboxylic acid groups (broad SMARTS) is 1. The monoisotopic (exact) mass is 290 g/mol. The molecule has 1 aromatic heterocycles. The van der Waals surface area contributed by atoms with Crippen molar-refractivity contribution in [2.24, 2.45) is 0 Å². The number of aliphatic hydroxyl groups is 1. The van der Waals surface area contributed by atoms with Gasteiger partial charge in [0.2, 0.25) is 0 Å². The van der Waals surface area contributed by atoms with Crippen LogP contribution in [0.3, 0.4) is 0 Å². The zero-order valence-corrected chi connectivity index (χ0v) is 11.0. The first kappa shape index (κ1) is 14.7. The maximum atomic E-state index is 12.0. The summed E-state index contributed by atoms with van der Waals surface area (Å²) >= 11 is 0. The van der Waals surface area contributed by atoms with Gasteiger partial charge >= 0.3 is 5.97 Å². The van der Waals surface area contributed by atoms with E-state index in [1.165, 1.54) is 0 Å². The van der Waals surface area contributed by atoms with Crippen molar-refractivity contribution in [2.75, 3.05) is 6.61 Å². The number of para-hydroxylation sites is 1. The summed E-state index contributed by atoms with van der Waals surface area (Å²) in [5, 5.41) is 20.4. The molecule has 0 saturated carbocycles. The van der Waals surface area contributed by atoms with Crippen molar-refractivity contribution < 1.29 is 19.8 Å². The van der Waals surface area contributed by atoms with E-state index in [1.54, 1.807) is 24.3 Å². The SMILES string of the molecule is O=C(N[C@H](CCO)C(=O)O)c1cc(=O)c2ccccc2[nH]1. The van der Waals surface area contributed by atoms with Crippen LogP contribution in [-0.4, -0.2) is 39.7 Å². The minimum Gasteiger partial charge on any atom is -0.480 e. The third-order valence-electron chi connectivity index (χ3n) is 3.00. The number of carbonyl (C=O) groups is 2. The smallest absolute Gasteiger partial charge is 0.326 e. The Kier molecular flexibility index (Phi) is 4.34. The third-order valence-corrected chi connectivity index (χ3v) is 3.00. The van der Waals surface area contributed by atoms with Crippen LogP contribution in [0.15, 0.2) is 35.1 Å². The molecule has 1 atom stereocenters. The summed E-state index contributed by atoms with van der Waals surface area (Å²) in [7, 11) is 0. The fraction of sp³-hybridized carbons (Fsp3) is 0.214. The van der Waals surface area contributed by atoms with Crippen LogP contribution in [-0.2, 0) is 4.79 Å². The molecule has 4 N–H and O–H groups in total. The van der Waals surface area contributed by atoms with Gasteiger partial charge in [-0.2, -0.15) is 0 Å². The van der Waals surface area contributed by atoms with Gasteiger partial charge in [0.15, 0.2) is 5.43 Å². The lowest BCUT2D eigenvalue weighted by Crippen LogP contribution is -2.41. The zero-order chi connectivity index (χ0) is 15.4. The molecular formula is C14H14N2O5. The summed E-state index contributed by atoms with van der Waals surface area (Å²) in [5.74, 6) is -1.96. The van der Waals surface area contributed by atoms with E-state index < -0.39 is 17.9 Å². The van der Waals surface area contributed by atoms with Crippen LogP contribution >= 0.6 is 0 Å². The molecule has 2 aromatic rings. The first-order chi connectivity index (χ1) is 10.0. The Bertz CT molecular complexity index is 737. The van der Waals surface area contributed by atoms with E-state index in [4.69, 9.17) is 10.2 Å². The van der Waals surface area contributed by atoms with Crippen molar-refractivity contribution in [3.8, 4) is 0 Å². The summed E-state index contributed by atoms with van der Waals surface area (Å²) in [6.07, 6.45) is -0.112. The number of fused-ring (bicyclic) bond motifs is 1. The first-order valence-corrected chi connectivity index (χ1v) is 6.29. The molecule has 7 nitrogen and oxygen atoms in total. The molecule has 21 heavy (non-hydrogen) atoms. The molecule has 1 aromatic carbocycles. The molecule has 0 aliphatic carbocycles. The molecule has 0 fully saturated rings. The average molecular weight is 290 g/mol. The van der Waals surface area contributed by atoms with Crippen molar-refractivity contribution in [1.82, 2.24) is 10.3 Å². The van der Waals surface area contributed by atoms with E-state index >= 15 is 0 Å². The van der Waals surface area contributed by atoms with Gasteiger partial charge in [-0.25, -0.2) is 4.79 Å². The van der Waals surface area contributed by atoms with Crippen molar-refractivity contribution >= 4 is 22.8 Å². The van der Waals surface area contributed by atoms with Gasteiger partial charge in [-0.3, -0.25) is 9.59 Å². The van der Waals surface area contributed by atoms with Crippen molar-refractivity contribution in [2.45, 2.75) is 12.5 Å². The van der Waals surface area contributed by atoms with E-state index in [9.17, 15) is 14.4 Å². The highest BCUT2D eigenvalue weighted by atomic mass is 16.4. The lowest BCUT2D eigenvalue weighted by atomic mass is 10.1. The van der Waals surface area contributed by atoms with Gasteiger partial charge in [0.1, 0.15) is 11.7 Å². The molecular weight excluding hydrogens is 276 g/mol. The summed E-state index contributed by atoms with van der Waals surface area (Å²) < 4.78 is 0. The number of rotatable bonds is 5. The van der Waals surface area contributed by atoms with Crippen molar-refractivity contribution in [3.05, 3.63) is 46.2 Å². The molecule has 0 bridgehead atoms. The van der Waals surface area contributed by atoms with Crippen LogP contribution in [0, 0.1) is 0 Å². The summed E-state index contributed by atoms with van der Waals surface area (Å²) in [4.78, 5) is 37.6. The topological polar surface area (TPSA) is 119 Å². The normalized spacial score (nSPS) is 12.0. The standard InChI is InChI=1S/C14H14N2O5/c17-6-5-10(14(20)21)16-13(19)11-7-12(18)8-3-1-2-4-9(8)15-11/h1-4,7,10,17H,5-6H2,(H,15,18)(H,16,19)(H,20,21)/t10-/m1/s1. The number of aliphatic carboxylic acids is 1. The Morgan fingerprint density at radius 3 is 2.67 bits per heavy atom. The summed E-state index contributed by atoms with van der Waals surface area (Å²) in [6.45, 7) is -0.370. The second-order valence-corrected chi connectivity index (χ2v) is 4.47. The van der Waals surface area contributed by atoms with Gasteiger partial charge in [0, 0.05) is 30.0 Å². The molecule has 110 valence electrons. The molecule has 0 spiro atoms. The summed E-state index contributed by atoms with van der Waals surface area (Å²) in [6, 6.07) is 6.61. The second kappa shape index (κ2) is 6.19. The predicted octanol–water partition coefficient (Wildman–Crippen LogP) is 0.0935. The number of carbonyl (C=O) groups excluding carboxylic acids is 1. The molecule has 0 aliphatic heterocycles. The fourth-order valence-corrected chi connectivity index (χ4v) is 1.94. The highest BCUT2D eigenvalue weighted by Crippen LogP contribution is 2.07. The van der Waals surface area contributed by atoms with Crippen LogP contribution < -0.4 is 10.7 Å². The van der Waals surface area contributed by atoms with E-state index in [1.807, 2.05) is 0 Å². The van der Waals surface area contributed by atoms with Gasteiger partial charge in [-0.1, -0.05) is 12.1 Å². The van der Waals surface area contributed by atoms with E-state index in [0.29, 0.717) is 10.9 Å². The molecule has 0 unspecified atom stereocenters. The largest absolute Gasteiger partial charge is 0.480 e. The fourth-order valence-electron chi connectivity index (χ4n) is 1.94. The first-order valence-electron chi connectivity index (χ1n) is 6.29. The van der Waals surface area contributed by atoms with Crippen molar-refractivity contribution in [1.29, 1.82) is 0 Å². The van der Waals surface area contributed by atoms with Crippen LogP contribution in [0.25, 0.3) is 10.9 Å². The average Bonchev–Trinajstić information content (AvgIpc) is 2.46. The minimum atomic E-state index is -1.25. The van der Waals surface area contributed by atoms with Crippen molar-refractivity contribution in [3.63, 3.8) is 0 Å². The molecule has 1 heterocycles. The van der Waals surface area contributed by atoms with Crippen LogP contribution in [0.2, 0.25) is 0 Å². The summed E-state index contributed by atoms with van der Waals surface area (Å²) in [5.41, 5.74) is 0.135. The van der Waals surface area contributed by atoms with E-state index in [0.717, 1.165) is 6.07 Å². The lowest BCUT2D eigenvalue weighted by molar-refractivity contribution is -0.139. The number of amides is 1. The molecule has 0 aliphatic rings. The number of H-pyrrole nitrogens is 1. The Hall–Kier alpha value is -2.67. The number of aliphatic hydroxyl groups excluding tert-OH is 1. The number of hydrogen-bond acceptors (Lipinski definition) is 4. The number of carboxylic acids is 1. The maximum absolute atomic E-state index is 12.0. The van der Waals surface area contributed by atoms with E-state index in [2.05, 4.69) is 10.3 Å². The molecule has 0 saturated heterocycles. The zero-order valence-electron chi connectivity index (χ0n) is 11.0. The van der Waals surface area contributed by atoms with Crippen LogP contribution in [0.1, 0.15) is 16.9 Å². The van der Waals surface area contributed by atoms with Gasteiger partial charge in [-0.15, -0.1) is 0 Å². The Morgan fingerprint density at radius 1 is 1.29 bits per heavy atom. The number of nitrogens with one attached hydrogen (secondary N) is 2. The molecule has 7 heteroatoms. The molecule has 2 rings (SSSR count). The number of hydrogen-bond donors (Lipinski definition) is 4. The Balaban J connectivity index is 2.31. The number of benzene rings is 1. The Morgan fingerprint density at radius 2 is 2.00 bits per heavy atom. The number of pyridine rings is 1. The third kappa shape index (κ3) is 3.26. The van der Waals surface area contributed by atoms with Gasteiger partial charge in [0.05, 0.1) is 0 Å². The van der Waals surface area contributed by atoms with Crippen LogP contribution in [0.5, 0.6) is 0 Å². The predicted molar refractivity (Wildman–Crippen MR) is 75.2 cm³/mol. The second-order valence-electron chi connectivity index (χ2n) is 4.47. The molecule has 0 radical (unpaired) electrons. The van der Waals surface area contributed by atoms with Gasteiger partial charge in [-0.05, 0) is 12.1 Å². The lowest BCUT2D eigenvalue weighted by Gasteiger charge is -2.13. The van der Waals surface area contributed by atoms with Gasteiger partial charge in [0.25, 0.3) is 5.91 Å².